The third-order valence-corrected chi connectivity index (χ3v) is 3.93. The van der Waals surface area contributed by atoms with Crippen molar-refractivity contribution in [2.75, 3.05) is 4.90 Å². The lowest BCUT2D eigenvalue weighted by atomic mass is 9.89. The summed E-state index contributed by atoms with van der Waals surface area (Å²) in [5.41, 5.74) is 4.37. The lowest BCUT2D eigenvalue weighted by Gasteiger charge is -2.15. The molecule has 1 saturated heterocycles. The molecule has 1 aromatic rings. The van der Waals surface area contributed by atoms with Gasteiger partial charge in [-0.15, -0.1) is 0 Å². The number of anilines is 1. The van der Waals surface area contributed by atoms with Gasteiger partial charge in [-0.1, -0.05) is 18.2 Å². The van der Waals surface area contributed by atoms with Crippen LogP contribution in [-0.4, -0.2) is 11.8 Å². The summed E-state index contributed by atoms with van der Waals surface area (Å²) in [4.78, 5) is 26.5. The highest BCUT2D eigenvalue weighted by Gasteiger charge is 2.45. The van der Waals surface area contributed by atoms with Gasteiger partial charge in [0.2, 0.25) is 5.91 Å². The Bertz CT molecular complexity index is 662. The third-order valence-electron chi connectivity index (χ3n) is 3.93. The molecule has 102 valence electrons. The Morgan fingerprint density at radius 3 is 2.30 bits per heavy atom. The van der Waals surface area contributed by atoms with E-state index in [9.17, 15) is 9.59 Å². The highest BCUT2D eigenvalue weighted by molar-refractivity contribution is 6.29. The van der Waals surface area contributed by atoms with Gasteiger partial charge < -0.3 is 0 Å². The van der Waals surface area contributed by atoms with E-state index in [1.807, 2.05) is 51.1 Å². The number of allylic oxidation sites excluding steroid dienone is 3. The van der Waals surface area contributed by atoms with Crippen LogP contribution in [0.15, 0.2) is 41.5 Å². The maximum Gasteiger partial charge on any atom is 0.262 e. The molecule has 3 nitrogen and oxygen atoms in total. The van der Waals surface area contributed by atoms with Gasteiger partial charge in [0.15, 0.2) is 0 Å². The second-order valence-electron chi connectivity index (χ2n) is 5.61. The SMILES string of the molecule is CC1=C2C(=O)N(c3cc(C)cc(C)c3)C(=O)C2CC=C1. The van der Waals surface area contributed by atoms with Gasteiger partial charge in [-0.2, -0.15) is 0 Å². The van der Waals surface area contributed by atoms with Crippen molar-refractivity contribution in [3.8, 4) is 0 Å². The highest BCUT2D eigenvalue weighted by Crippen LogP contribution is 2.37. The Hall–Kier alpha value is -2.16. The number of hydrogen-bond donors (Lipinski definition) is 0. The Balaban J connectivity index is 2.10. The fraction of sp³-hybridized carbons (Fsp3) is 0.294. The molecule has 0 N–H and O–H groups in total. The zero-order chi connectivity index (χ0) is 14.4. The van der Waals surface area contributed by atoms with Crippen LogP contribution >= 0.6 is 0 Å². The van der Waals surface area contributed by atoms with Crippen molar-refractivity contribution in [2.24, 2.45) is 5.92 Å². The molecule has 3 heteroatoms. The number of imide groups is 1. The predicted molar refractivity (Wildman–Crippen MR) is 78.4 cm³/mol. The largest absolute Gasteiger partial charge is 0.273 e. The minimum atomic E-state index is -0.298. The number of nitrogens with zero attached hydrogens (tertiary/aromatic N) is 1. The zero-order valence-corrected chi connectivity index (χ0v) is 11.9. The fourth-order valence-corrected chi connectivity index (χ4v) is 3.11. The van der Waals surface area contributed by atoms with E-state index in [4.69, 9.17) is 0 Å². The normalized spacial score (nSPS) is 21.8. The van der Waals surface area contributed by atoms with Crippen molar-refractivity contribution >= 4 is 17.5 Å². The molecular formula is C17H17NO2. The number of benzene rings is 1. The average Bonchev–Trinajstić information content (AvgIpc) is 2.61. The van der Waals surface area contributed by atoms with Crippen molar-refractivity contribution < 1.29 is 9.59 Å². The molecule has 1 aromatic carbocycles. The molecule has 2 aliphatic rings. The predicted octanol–water partition coefficient (Wildman–Crippen LogP) is 3.07. The van der Waals surface area contributed by atoms with Crippen LogP contribution in [0.5, 0.6) is 0 Å². The van der Waals surface area contributed by atoms with Crippen LogP contribution in [0, 0.1) is 19.8 Å². The van der Waals surface area contributed by atoms with E-state index in [1.165, 1.54) is 4.90 Å². The number of aryl methyl sites for hydroxylation is 2. The summed E-state index contributed by atoms with van der Waals surface area (Å²) in [5, 5.41) is 0. The van der Waals surface area contributed by atoms with E-state index in [0.29, 0.717) is 17.7 Å². The molecule has 0 saturated carbocycles. The summed E-state index contributed by atoms with van der Waals surface area (Å²) in [5.74, 6) is -0.557. The van der Waals surface area contributed by atoms with Gasteiger partial charge in [0.25, 0.3) is 5.91 Å². The van der Waals surface area contributed by atoms with Crippen LogP contribution in [0.1, 0.15) is 24.5 Å². The standard InChI is InChI=1S/C17H17NO2/c1-10-7-11(2)9-13(8-10)18-16(19)14-6-4-5-12(3)15(14)17(18)20/h4-5,7-9,14H,6H2,1-3H3. The van der Waals surface area contributed by atoms with E-state index in [1.54, 1.807) is 0 Å². The average molecular weight is 267 g/mol. The van der Waals surface area contributed by atoms with Crippen molar-refractivity contribution in [3.63, 3.8) is 0 Å². The zero-order valence-electron chi connectivity index (χ0n) is 11.9. The van der Waals surface area contributed by atoms with Gasteiger partial charge >= 0.3 is 0 Å². The van der Waals surface area contributed by atoms with Gasteiger partial charge in [-0.25, -0.2) is 4.90 Å². The maximum atomic E-state index is 12.6. The Morgan fingerprint density at radius 1 is 1.05 bits per heavy atom. The first-order chi connectivity index (χ1) is 9.49. The van der Waals surface area contributed by atoms with Crippen LogP contribution < -0.4 is 4.90 Å². The van der Waals surface area contributed by atoms with E-state index in [-0.39, 0.29) is 17.7 Å². The fourth-order valence-electron chi connectivity index (χ4n) is 3.11. The van der Waals surface area contributed by atoms with Gasteiger partial charge in [0, 0.05) is 5.57 Å². The molecule has 20 heavy (non-hydrogen) atoms. The van der Waals surface area contributed by atoms with Crippen molar-refractivity contribution in [1.82, 2.24) is 0 Å². The van der Waals surface area contributed by atoms with Crippen LogP contribution in [0.4, 0.5) is 5.69 Å². The quantitative estimate of drug-likeness (QED) is 0.733. The first-order valence-corrected chi connectivity index (χ1v) is 6.83. The van der Waals surface area contributed by atoms with E-state index in [0.717, 1.165) is 16.7 Å². The Morgan fingerprint density at radius 2 is 1.70 bits per heavy atom. The summed E-state index contributed by atoms with van der Waals surface area (Å²) in [6.07, 6.45) is 4.53. The lowest BCUT2D eigenvalue weighted by molar-refractivity contribution is -0.122. The summed E-state index contributed by atoms with van der Waals surface area (Å²) >= 11 is 0. The van der Waals surface area contributed by atoms with Crippen molar-refractivity contribution in [3.05, 3.63) is 52.6 Å². The molecule has 3 rings (SSSR count). The first kappa shape index (κ1) is 12.9. The Labute approximate surface area is 118 Å². The molecule has 0 aromatic heterocycles. The van der Waals surface area contributed by atoms with Gasteiger partial charge in [-0.05, 0) is 56.0 Å². The number of amides is 2. The maximum absolute atomic E-state index is 12.6. The minimum absolute atomic E-state index is 0.0984. The molecule has 1 aliphatic carbocycles. The molecule has 1 heterocycles. The summed E-state index contributed by atoms with van der Waals surface area (Å²) in [7, 11) is 0. The molecule has 1 unspecified atom stereocenters. The smallest absolute Gasteiger partial charge is 0.262 e. The summed E-state index contributed by atoms with van der Waals surface area (Å²) in [6, 6.07) is 5.82. The molecule has 0 radical (unpaired) electrons. The summed E-state index contributed by atoms with van der Waals surface area (Å²) in [6.45, 7) is 5.84. The van der Waals surface area contributed by atoms with Gasteiger partial charge in [0.1, 0.15) is 0 Å². The number of carbonyl (C=O) groups is 2. The van der Waals surface area contributed by atoms with Crippen LogP contribution in [0.2, 0.25) is 0 Å². The van der Waals surface area contributed by atoms with E-state index < -0.39 is 0 Å². The minimum Gasteiger partial charge on any atom is -0.273 e. The van der Waals surface area contributed by atoms with E-state index >= 15 is 0 Å². The molecule has 1 fully saturated rings. The second kappa shape index (κ2) is 4.44. The topological polar surface area (TPSA) is 37.4 Å². The number of hydrogen-bond acceptors (Lipinski definition) is 2. The van der Waals surface area contributed by atoms with Crippen LogP contribution in [-0.2, 0) is 9.59 Å². The number of fused-ring (bicyclic) bond motifs is 1. The van der Waals surface area contributed by atoms with E-state index in [2.05, 4.69) is 0 Å². The summed E-state index contributed by atoms with van der Waals surface area (Å²) < 4.78 is 0. The molecule has 1 atom stereocenters. The second-order valence-corrected chi connectivity index (χ2v) is 5.61. The molecule has 2 amide bonds. The van der Waals surface area contributed by atoms with Crippen LogP contribution in [0.3, 0.4) is 0 Å². The van der Waals surface area contributed by atoms with Crippen molar-refractivity contribution in [1.29, 1.82) is 0 Å². The monoisotopic (exact) mass is 267 g/mol. The number of carbonyl (C=O) groups excluding carboxylic acids is 2. The Kier molecular flexibility index (Phi) is 2.85. The number of rotatable bonds is 1. The first-order valence-electron chi connectivity index (χ1n) is 6.83. The van der Waals surface area contributed by atoms with Crippen molar-refractivity contribution in [2.45, 2.75) is 27.2 Å². The highest BCUT2D eigenvalue weighted by atomic mass is 16.2. The molecular weight excluding hydrogens is 250 g/mol. The van der Waals surface area contributed by atoms with Gasteiger partial charge in [-0.3, -0.25) is 9.59 Å². The molecule has 0 spiro atoms. The van der Waals surface area contributed by atoms with Gasteiger partial charge in [0.05, 0.1) is 11.6 Å². The molecule has 0 bridgehead atoms. The lowest BCUT2D eigenvalue weighted by Crippen LogP contribution is -2.30. The van der Waals surface area contributed by atoms with Crippen LogP contribution in [0.25, 0.3) is 0 Å². The molecule has 1 aliphatic heterocycles. The third kappa shape index (κ3) is 1.82.